The van der Waals surface area contributed by atoms with Crippen LogP contribution >= 0.6 is 15.9 Å². The summed E-state index contributed by atoms with van der Waals surface area (Å²) in [5, 5.41) is 0. The maximum absolute atomic E-state index is 13.6. The molecule has 2 rings (SSSR count). The highest BCUT2D eigenvalue weighted by atomic mass is 79.9. The van der Waals surface area contributed by atoms with Crippen molar-refractivity contribution in [1.82, 2.24) is 4.72 Å². The number of hydrogen-bond acceptors (Lipinski definition) is 3. The van der Waals surface area contributed by atoms with Gasteiger partial charge in [0.2, 0.25) is 10.0 Å². The van der Waals surface area contributed by atoms with Gasteiger partial charge in [-0.2, -0.15) is 0 Å². The van der Waals surface area contributed by atoms with E-state index >= 15 is 0 Å². The molecule has 7 heteroatoms. The van der Waals surface area contributed by atoms with Gasteiger partial charge in [0.25, 0.3) is 0 Å². The molecule has 0 bridgehead atoms. The fraction of sp³-hybridized carbons (Fsp3) is 0.500. The van der Waals surface area contributed by atoms with Gasteiger partial charge in [-0.1, -0.05) is 15.9 Å². The van der Waals surface area contributed by atoms with Crippen LogP contribution in [-0.2, 0) is 14.8 Å². The van der Waals surface area contributed by atoms with E-state index in [-0.39, 0.29) is 17.5 Å². The normalized spacial score (nSPS) is 19.8. The second kappa shape index (κ2) is 6.30. The zero-order valence-electron chi connectivity index (χ0n) is 10.2. The number of ether oxygens (including phenoxy) is 1. The Morgan fingerprint density at radius 2 is 2.26 bits per heavy atom. The molecule has 0 amide bonds. The van der Waals surface area contributed by atoms with Gasteiger partial charge in [0.1, 0.15) is 10.7 Å². The summed E-state index contributed by atoms with van der Waals surface area (Å²) in [5.41, 5.74) is 0. The van der Waals surface area contributed by atoms with Crippen molar-refractivity contribution in [3.05, 3.63) is 28.5 Å². The van der Waals surface area contributed by atoms with Gasteiger partial charge in [0.05, 0.1) is 6.10 Å². The third kappa shape index (κ3) is 3.98. The first-order chi connectivity index (χ1) is 8.99. The summed E-state index contributed by atoms with van der Waals surface area (Å²) in [5.74, 6) is -0.765. The average Bonchev–Trinajstić information content (AvgIpc) is 2.81. The van der Waals surface area contributed by atoms with E-state index in [1.54, 1.807) is 0 Å². The quantitative estimate of drug-likeness (QED) is 0.886. The van der Waals surface area contributed by atoms with Crippen LogP contribution in [0.5, 0.6) is 0 Å². The highest BCUT2D eigenvalue weighted by Gasteiger charge is 2.20. The second-order valence-electron chi connectivity index (χ2n) is 4.40. The minimum absolute atomic E-state index is 0.109. The van der Waals surface area contributed by atoms with Crippen molar-refractivity contribution in [3.8, 4) is 0 Å². The van der Waals surface area contributed by atoms with E-state index in [1.165, 1.54) is 12.1 Å². The van der Waals surface area contributed by atoms with E-state index in [1.807, 2.05) is 0 Å². The summed E-state index contributed by atoms with van der Waals surface area (Å²) in [4.78, 5) is -0.331. The lowest BCUT2D eigenvalue weighted by atomic mass is 10.2. The minimum atomic E-state index is -3.80. The zero-order valence-corrected chi connectivity index (χ0v) is 12.6. The second-order valence-corrected chi connectivity index (χ2v) is 7.05. The van der Waals surface area contributed by atoms with Crippen molar-refractivity contribution in [3.63, 3.8) is 0 Å². The molecule has 1 aliphatic heterocycles. The van der Waals surface area contributed by atoms with E-state index in [0.717, 1.165) is 25.5 Å². The zero-order chi connectivity index (χ0) is 13.9. The Hall–Kier alpha value is -0.500. The number of rotatable bonds is 5. The predicted octanol–water partition coefficient (Wildman–Crippen LogP) is 2.44. The summed E-state index contributed by atoms with van der Waals surface area (Å²) < 4.78 is 45.8. The molecule has 0 radical (unpaired) electrons. The molecule has 1 aromatic carbocycles. The van der Waals surface area contributed by atoms with Crippen LogP contribution < -0.4 is 4.72 Å². The molecule has 4 nitrogen and oxygen atoms in total. The van der Waals surface area contributed by atoms with Crippen molar-refractivity contribution in [2.45, 2.75) is 30.3 Å². The Balaban J connectivity index is 1.97. The van der Waals surface area contributed by atoms with E-state index in [2.05, 4.69) is 20.7 Å². The van der Waals surface area contributed by atoms with E-state index in [0.29, 0.717) is 10.9 Å². The molecule has 1 saturated heterocycles. The molecule has 1 unspecified atom stereocenters. The number of benzene rings is 1. The standard InChI is InChI=1S/C12H15BrFNO3S/c13-9-3-4-12(11(14)8-9)19(16,17)15-6-5-10-2-1-7-18-10/h3-4,8,10,15H,1-2,5-7H2. The van der Waals surface area contributed by atoms with Gasteiger partial charge < -0.3 is 4.74 Å². The Labute approximate surface area is 120 Å². The van der Waals surface area contributed by atoms with Crippen LogP contribution in [0.25, 0.3) is 0 Å². The Morgan fingerprint density at radius 3 is 2.89 bits per heavy atom. The van der Waals surface area contributed by atoms with Gasteiger partial charge in [-0.15, -0.1) is 0 Å². The lowest BCUT2D eigenvalue weighted by Gasteiger charge is -2.11. The third-order valence-electron chi connectivity index (χ3n) is 2.97. The molecule has 106 valence electrons. The first-order valence-corrected chi connectivity index (χ1v) is 8.33. The largest absolute Gasteiger partial charge is 0.378 e. The summed E-state index contributed by atoms with van der Waals surface area (Å²) in [6, 6.07) is 3.88. The fourth-order valence-corrected chi connectivity index (χ4v) is 3.44. The van der Waals surface area contributed by atoms with Gasteiger partial charge in [0.15, 0.2) is 0 Å². The number of halogens is 2. The molecule has 1 fully saturated rings. The molecule has 0 aliphatic carbocycles. The Kier molecular flexibility index (Phi) is 4.94. The molecular weight excluding hydrogens is 337 g/mol. The highest BCUT2D eigenvalue weighted by Crippen LogP contribution is 2.19. The first-order valence-electron chi connectivity index (χ1n) is 6.05. The number of hydrogen-bond donors (Lipinski definition) is 1. The van der Waals surface area contributed by atoms with Crippen LogP contribution in [0.1, 0.15) is 19.3 Å². The summed E-state index contributed by atoms with van der Waals surface area (Å²) >= 11 is 3.09. The molecule has 0 saturated carbocycles. The fourth-order valence-electron chi connectivity index (χ4n) is 2.00. The topological polar surface area (TPSA) is 55.4 Å². The number of sulfonamides is 1. The lowest BCUT2D eigenvalue weighted by Crippen LogP contribution is -2.28. The molecule has 1 heterocycles. The van der Waals surface area contributed by atoms with Crippen LogP contribution in [0.4, 0.5) is 4.39 Å². The number of nitrogens with one attached hydrogen (secondary N) is 1. The SMILES string of the molecule is O=S(=O)(NCCC1CCCO1)c1ccc(Br)cc1F. The maximum atomic E-state index is 13.6. The Morgan fingerprint density at radius 1 is 1.47 bits per heavy atom. The first kappa shape index (κ1) is 14.9. The third-order valence-corrected chi connectivity index (χ3v) is 4.95. The van der Waals surface area contributed by atoms with Crippen LogP contribution in [0.2, 0.25) is 0 Å². The van der Waals surface area contributed by atoms with Gasteiger partial charge in [0, 0.05) is 17.6 Å². The van der Waals surface area contributed by atoms with Crippen LogP contribution in [-0.4, -0.2) is 27.7 Å². The average molecular weight is 352 g/mol. The van der Waals surface area contributed by atoms with Crippen molar-refractivity contribution in [1.29, 1.82) is 0 Å². The summed E-state index contributed by atoms with van der Waals surface area (Å²) in [6.45, 7) is 0.987. The van der Waals surface area contributed by atoms with Gasteiger partial charge in [-0.3, -0.25) is 0 Å². The van der Waals surface area contributed by atoms with Crippen LogP contribution in [0, 0.1) is 5.82 Å². The van der Waals surface area contributed by atoms with Gasteiger partial charge in [-0.25, -0.2) is 17.5 Å². The van der Waals surface area contributed by atoms with Crippen LogP contribution in [0.3, 0.4) is 0 Å². The smallest absolute Gasteiger partial charge is 0.243 e. The molecule has 1 N–H and O–H groups in total. The van der Waals surface area contributed by atoms with E-state index in [9.17, 15) is 12.8 Å². The lowest BCUT2D eigenvalue weighted by molar-refractivity contribution is 0.105. The minimum Gasteiger partial charge on any atom is -0.378 e. The monoisotopic (exact) mass is 351 g/mol. The molecule has 1 aromatic rings. The summed E-state index contributed by atoms with van der Waals surface area (Å²) in [6.07, 6.45) is 2.68. The van der Waals surface area contributed by atoms with Crippen molar-refractivity contribution >= 4 is 26.0 Å². The Bertz CT molecular complexity index is 544. The molecule has 1 aliphatic rings. The highest BCUT2D eigenvalue weighted by molar-refractivity contribution is 9.10. The summed E-state index contributed by atoms with van der Waals surface area (Å²) in [7, 11) is -3.80. The van der Waals surface area contributed by atoms with Gasteiger partial charge in [-0.05, 0) is 37.5 Å². The van der Waals surface area contributed by atoms with E-state index < -0.39 is 15.8 Å². The molecule has 0 aromatic heterocycles. The van der Waals surface area contributed by atoms with Crippen molar-refractivity contribution < 1.29 is 17.5 Å². The predicted molar refractivity (Wildman–Crippen MR) is 72.9 cm³/mol. The van der Waals surface area contributed by atoms with E-state index in [4.69, 9.17) is 4.74 Å². The van der Waals surface area contributed by atoms with Crippen LogP contribution in [0.15, 0.2) is 27.6 Å². The van der Waals surface area contributed by atoms with Crippen molar-refractivity contribution in [2.24, 2.45) is 0 Å². The van der Waals surface area contributed by atoms with Gasteiger partial charge >= 0.3 is 0 Å². The molecule has 0 spiro atoms. The van der Waals surface area contributed by atoms with Crippen molar-refractivity contribution in [2.75, 3.05) is 13.2 Å². The maximum Gasteiger partial charge on any atom is 0.243 e. The molecule has 1 atom stereocenters. The molecular formula is C12H15BrFNO3S. The molecule has 19 heavy (non-hydrogen) atoms.